The Morgan fingerprint density at radius 1 is 0.927 bits per heavy atom. The van der Waals surface area contributed by atoms with E-state index in [-0.39, 0.29) is 29.7 Å². The topological polar surface area (TPSA) is 73.4 Å². The van der Waals surface area contributed by atoms with Gasteiger partial charge in [-0.3, -0.25) is 19.3 Å². The SMILES string of the molecule is CCOc1ccccc1N1CCN(C(=O)C2CCCN(c3cccc4c3C(=O)N(C(C)c3cccs3)C4=O)C2)CC1. The van der Waals surface area contributed by atoms with Crippen LogP contribution in [0.5, 0.6) is 5.75 Å². The minimum Gasteiger partial charge on any atom is -0.492 e. The number of carbonyl (C=O) groups is 3. The van der Waals surface area contributed by atoms with Gasteiger partial charge in [-0.1, -0.05) is 24.3 Å². The molecule has 41 heavy (non-hydrogen) atoms. The summed E-state index contributed by atoms with van der Waals surface area (Å²) < 4.78 is 5.82. The van der Waals surface area contributed by atoms with E-state index in [1.54, 1.807) is 17.4 Å². The summed E-state index contributed by atoms with van der Waals surface area (Å²) in [6, 6.07) is 17.2. The van der Waals surface area contributed by atoms with E-state index in [2.05, 4.69) is 15.9 Å². The summed E-state index contributed by atoms with van der Waals surface area (Å²) in [5.41, 5.74) is 2.75. The number of para-hydroxylation sites is 2. The molecule has 3 aromatic rings. The number of nitrogens with zero attached hydrogens (tertiary/aromatic N) is 4. The van der Waals surface area contributed by atoms with E-state index in [4.69, 9.17) is 4.74 Å². The van der Waals surface area contributed by atoms with Gasteiger partial charge in [0, 0.05) is 44.1 Å². The predicted molar refractivity (Wildman–Crippen MR) is 161 cm³/mol. The first-order valence-corrected chi connectivity index (χ1v) is 15.4. The molecule has 1 aromatic heterocycles. The van der Waals surface area contributed by atoms with Crippen LogP contribution in [0.1, 0.15) is 58.3 Å². The van der Waals surface area contributed by atoms with Crippen LogP contribution < -0.4 is 14.5 Å². The normalized spacial score (nSPS) is 19.9. The summed E-state index contributed by atoms with van der Waals surface area (Å²) in [7, 11) is 0. The standard InChI is InChI=1S/C32H36N4O4S/c1-3-40-27-13-5-4-11-25(27)33-16-18-34(19-17-33)30(37)23-9-7-15-35(21-23)26-12-6-10-24-29(26)32(39)36(31(24)38)22(2)28-14-8-20-41-28/h4-6,8,10-14,20,22-23H,3,7,9,15-19,21H2,1-2H3. The summed E-state index contributed by atoms with van der Waals surface area (Å²) in [6.07, 6.45) is 1.69. The lowest BCUT2D eigenvalue weighted by atomic mass is 9.94. The van der Waals surface area contributed by atoms with Crippen molar-refractivity contribution in [2.45, 2.75) is 32.7 Å². The highest BCUT2D eigenvalue weighted by molar-refractivity contribution is 7.10. The zero-order chi connectivity index (χ0) is 28.5. The fourth-order valence-electron chi connectivity index (χ4n) is 6.38. The van der Waals surface area contributed by atoms with E-state index in [1.165, 1.54) is 4.90 Å². The maximum absolute atomic E-state index is 13.7. The van der Waals surface area contributed by atoms with E-state index >= 15 is 0 Å². The van der Waals surface area contributed by atoms with Gasteiger partial charge in [-0.05, 0) is 62.4 Å². The predicted octanol–water partition coefficient (Wildman–Crippen LogP) is 5.07. The Labute approximate surface area is 245 Å². The van der Waals surface area contributed by atoms with E-state index in [9.17, 15) is 14.4 Å². The van der Waals surface area contributed by atoms with E-state index in [0.717, 1.165) is 54.5 Å². The van der Waals surface area contributed by atoms with Crippen LogP contribution >= 0.6 is 11.3 Å². The number of piperazine rings is 1. The Kier molecular flexibility index (Phi) is 7.71. The van der Waals surface area contributed by atoms with Gasteiger partial charge < -0.3 is 19.4 Å². The van der Waals surface area contributed by atoms with Gasteiger partial charge in [0.1, 0.15) is 5.75 Å². The highest BCUT2D eigenvalue weighted by Gasteiger charge is 2.42. The van der Waals surface area contributed by atoms with Gasteiger partial charge in [0.25, 0.3) is 11.8 Å². The number of thiophene rings is 1. The fourth-order valence-corrected chi connectivity index (χ4v) is 7.15. The number of rotatable bonds is 7. The van der Waals surface area contributed by atoms with Crippen molar-refractivity contribution in [1.82, 2.24) is 9.80 Å². The van der Waals surface area contributed by atoms with E-state index < -0.39 is 0 Å². The van der Waals surface area contributed by atoms with Crippen molar-refractivity contribution in [3.05, 3.63) is 76.0 Å². The Hall–Kier alpha value is -3.85. The maximum atomic E-state index is 13.7. The van der Waals surface area contributed by atoms with Crippen molar-refractivity contribution < 1.29 is 19.1 Å². The van der Waals surface area contributed by atoms with Crippen LogP contribution in [0.4, 0.5) is 11.4 Å². The van der Waals surface area contributed by atoms with Gasteiger partial charge in [0.15, 0.2) is 0 Å². The summed E-state index contributed by atoms with van der Waals surface area (Å²) in [5, 5.41) is 1.96. The average molecular weight is 573 g/mol. The lowest BCUT2D eigenvalue weighted by Gasteiger charge is -2.40. The average Bonchev–Trinajstić information content (AvgIpc) is 3.64. The number of benzene rings is 2. The van der Waals surface area contributed by atoms with Crippen molar-refractivity contribution >= 4 is 40.4 Å². The highest BCUT2D eigenvalue weighted by atomic mass is 32.1. The Morgan fingerprint density at radius 3 is 2.46 bits per heavy atom. The molecule has 2 atom stereocenters. The van der Waals surface area contributed by atoms with E-state index in [1.807, 2.05) is 66.6 Å². The first-order valence-electron chi connectivity index (χ1n) is 14.5. The molecule has 0 N–H and O–H groups in total. The molecule has 0 bridgehead atoms. The van der Waals surface area contributed by atoms with E-state index in [0.29, 0.717) is 37.4 Å². The second-order valence-electron chi connectivity index (χ2n) is 10.9. The molecule has 3 aliphatic rings. The van der Waals surface area contributed by atoms with Gasteiger partial charge in [0.05, 0.1) is 41.1 Å². The van der Waals surface area contributed by atoms with Crippen molar-refractivity contribution in [3.8, 4) is 5.75 Å². The molecule has 8 nitrogen and oxygen atoms in total. The zero-order valence-electron chi connectivity index (χ0n) is 23.6. The quantitative estimate of drug-likeness (QED) is 0.368. The number of fused-ring (bicyclic) bond motifs is 1. The van der Waals surface area contributed by atoms with Gasteiger partial charge in [-0.2, -0.15) is 0 Å². The lowest BCUT2D eigenvalue weighted by molar-refractivity contribution is -0.136. The second-order valence-corrected chi connectivity index (χ2v) is 11.8. The minimum absolute atomic E-state index is 0.143. The summed E-state index contributed by atoms with van der Waals surface area (Å²) in [6.45, 7) is 8.65. The third-order valence-corrected chi connectivity index (χ3v) is 9.52. The molecule has 0 radical (unpaired) electrons. The molecular formula is C32H36N4O4S. The molecule has 3 aliphatic heterocycles. The van der Waals surface area contributed by atoms with Crippen molar-refractivity contribution in [2.24, 2.45) is 5.92 Å². The van der Waals surface area contributed by atoms with Gasteiger partial charge in [-0.25, -0.2) is 0 Å². The number of carbonyl (C=O) groups excluding carboxylic acids is 3. The van der Waals surface area contributed by atoms with Crippen LogP contribution in [0.2, 0.25) is 0 Å². The van der Waals surface area contributed by atoms with Crippen LogP contribution in [-0.2, 0) is 4.79 Å². The summed E-state index contributed by atoms with van der Waals surface area (Å²) in [5.74, 6) is 0.412. The van der Waals surface area contributed by atoms with Crippen LogP contribution in [0.15, 0.2) is 60.0 Å². The molecule has 3 amide bonds. The Bertz CT molecular complexity index is 1430. The third-order valence-electron chi connectivity index (χ3n) is 8.48. The number of imide groups is 1. The van der Waals surface area contributed by atoms with Gasteiger partial charge in [0.2, 0.25) is 5.91 Å². The molecule has 2 unspecified atom stereocenters. The van der Waals surface area contributed by atoms with Gasteiger partial charge in [-0.15, -0.1) is 11.3 Å². The first-order chi connectivity index (χ1) is 20.0. The molecule has 4 heterocycles. The third kappa shape index (κ3) is 5.07. The summed E-state index contributed by atoms with van der Waals surface area (Å²) in [4.78, 5) is 49.5. The van der Waals surface area contributed by atoms with Crippen molar-refractivity contribution in [3.63, 3.8) is 0 Å². The molecule has 9 heteroatoms. The minimum atomic E-state index is -0.329. The van der Waals surface area contributed by atoms with Gasteiger partial charge >= 0.3 is 0 Å². The van der Waals surface area contributed by atoms with Crippen LogP contribution in [0.3, 0.4) is 0 Å². The Balaban J connectivity index is 1.14. The molecule has 6 rings (SSSR count). The molecular weight excluding hydrogens is 536 g/mol. The molecule has 2 saturated heterocycles. The Morgan fingerprint density at radius 2 is 1.71 bits per heavy atom. The number of hydrogen-bond acceptors (Lipinski definition) is 7. The fraction of sp³-hybridized carbons (Fsp3) is 0.406. The number of ether oxygens (including phenoxy) is 1. The van der Waals surface area contributed by atoms with Crippen LogP contribution in [0.25, 0.3) is 0 Å². The molecule has 0 saturated carbocycles. The largest absolute Gasteiger partial charge is 0.492 e. The molecule has 214 valence electrons. The van der Waals surface area contributed by atoms with Crippen molar-refractivity contribution in [1.29, 1.82) is 0 Å². The maximum Gasteiger partial charge on any atom is 0.264 e. The molecule has 0 spiro atoms. The van der Waals surface area contributed by atoms with Crippen molar-refractivity contribution in [2.75, 3.05) is 55.7 Å². The molecule has 0 aliphatic carbocycles. The van der Waals surface area contributed by atoms with Crippen LogP contribution in [0, 0.1) is 5.92 Å². The molecule has 2 fully saturated rings. The zero-order valence-corrected chi connectivity index (χ0v) is 24.4. The number of hydrogen-bond donors (Lipinski definition) is 0. The number of anilines is 2. The highest BCUT2D eigenvalue weighted by Crippen LogP contribution is 2.38. The number of piperidine rings is 1. The summed E-state index contributed by atoms with van der Waals surface area (Å²) >= 11 is 1.54. The second kappa shape index (κ2) is 11.6. The molecule has 2 aromatic carbocycles. The first kappa shape index (κ1) is 27.3. The smallest absolute Gasteiger partial charge is 0.264 e. The number of amides is 3. The lowest BCUT2D eigenvalue weighted by Crippen LogP contribution is -2.52. The monoisotopic (exact) mass is 572 g/mol. The van der Waals surface area contributed by atoms with Crippen LogP contribution in [-0.4, -0.2) is 73.4 Å².